The Bertz CT molecular complexity index is 700. The molecule has 4 nitrogen and oxygen atoms in total. The van der Waals surface area contributed by atoms with Gasteiger partial charge in [0.1, 0.15) is 0 Å². The van der Waals surface area contributed by atoms with Crippen molar-refractivity contribution in [3.8, 4) is 0 Å². The van der Waals surface area contributed by atoms with E-state index in [9.17, 15) is 9.59 Å². The van der Waals surface area contributed by atoms with Crippen LogP contribution in [0.2, 0.25) is 0 Å². The molecule has 1 unspecified atom stereocenters. The summed E-state index contributed by atoms with van der Waals surface area (Å²) in [5.41, 5.74) is 8.73. The predicted octanol–water partition coefficient (Wildman–Crippen LogP) is 2.98. The van der Waals surface area contributed by atoms with Crippen molar-refractivity contribution in [2.24, 2.45) is 5.73 Å². The van der Waals surface area contributed by atoms with Crippen molar-refractivity contribution >= 4 is 17.8 Å². The number of carbonyl (C=O) groups excluding carboxylic acids is 1. The van der Waals surface area contributed by atoms with E-state index in [1.807, 2.05) is 31.2 Å². The number of hydrogen-bond donors (Lipinski definition) is 2. The summed E-state index contributed by atoms with van der Waals surface area (Å²) in [7, 11) is 0. The van der Waals surface area contributed by atoms with Gasteiger partial charge in [0.15, 0.2) is 5.78 Å². The maximum Gasteiger partial charge on any atom is 0.335 e. The average Bonchev–Trinajstić information content (AvgIpc) is 2.53. The molecule has 0 saturated heterocycles. The Hall–Kier alpha value is -2.72. The number of nitrogens with two attached hydrogens (primary N) is 1. The van der Waals surface area contributed by atoms with Gasteiger partial charge in [-0.25, -0.2) is 4.79 Å². The zero-order valence-corrected chi connectivity index (χ0v) is 12.2. The topological polar surface area (TPSA) is 80.4 Å². The van der Waals surface area contributed by atoms with E-state index in [1.165, 1.54) is 18.2 Å². The summed E-state index contributed by atoms with van der Waals surface area (Å²) >= 11 is 0. The first-order valence-electron chi connectivity index (χ1n) is 6.85. The molecule has 4 heteroatoms. The molecular weight excluding hydrogens is 278 g/mol. The van der Waals surface area contributed by atoms with Gasteiger partial charge in [0.05, 0.1) is 11.6 Å². The molecule has 1 atom stereocenters. The van der Waals surface area contributed by atoms with Crippen molar-refractivity contribution < 1.29 is 14.7 Å². The van der Waals surface area contributed by atoms with E-state index < -0.39 is 12.0 Å². The van der Waals surface area contributed by atoms with Gasteiger partial charge in [-0.1, -0.05) is 48.0 Å². The Morgan fingerprint density at radius 3 is 2.18 bits per heavy atom. The summed E-state index contributed by atoms with van der Waals surface area (Å²) < 4.78 is 0. The molecule has 0 aromatic heterocycles. The second-order valence-electron chi connectivity index (χ2n) is 5.05. The van der Waals surface area contributed by atoms with Gasteiger partial charge < -0.3 is 10.8 Å². The molecule has 22 heavy (non-hydrogen) atoms. The van der Waals surface area contributed by atoms with E-state index in [1.54, 1.807) is 18.2 Å². The van der Waals surface area contributed by atoms with Crippen LogP contribution in [0.25, 0.3) is 6.08 Å². The standard InChI is InChI=1S/C18H17NO3/c1-12-2-4-13(5-3-12)6-11-16(20)17(19)14-7-9-15(10-8-14)18(21)22/h2-11,17H,19H2,1H3,(H,21,22). The van der Waals surface area contributed by atoms with E-state index in [2.05, 4.69) is 0 Å². The normalized spacial score (nSPS) is 12.3. The highest BCUT2D eigenvalue weighted by molar-refractivity contribution is 5.98. The second-order valence-corrected chi connectivity index (χ2v) is 5.05. The zero-order chi connectivity index (χ0) is 16.1. The van der Waals surface area contributed by atoms with Crippen LogP contribution in [0, 0.1) is 6.92 Å². The molecular formula is C18H17NO3. The van der Waals surface area contributed by atoms with Crippen LogP contribution in [0.4, 0.5) is 0 Å². The van der Waals surface area contributed by atoms with Crippen molar-refractivity contribution in [3.63, 3.8) is 0 Å². The Morgan fingerprint density at radius 2 is 1.64 bits per heavy atom. The van der Waals surface area contributed by atoms with Gasteiger partial charge in [-0.2, -0.15) is 0 Å². The van der Waals surface area contributed by atoms with Crippen LogP contribution in [-0.4, -0.2) is 16.9 Å². The quantitative estimate of drug-likeness (QED) is 0.831. The van der Waals surface area contributed by atoms with Crippen molar-refractivity contribution in [1.82, 2.24) is 0 Å². The second kappa shape index (κ2) is 6.83. The van der Waals surface area contributed by atoms with Crippen molar-refractivity contribution in [3.05, 3.63) is 76.9 Å². The summed E-state index contributed by atoms with van der Waals surface area (Å²) in [6, 6.07) is 13.0. The number of ketones is 1. The fourth-order valence-corrected chi connectivity index (χ4v) is 1.96. The van der Waals surface area contributed by atoms with Gasteiger partial charge >= 0.3 is 5.97 Å². The van der Waals surface area contributed by atoms with E-state index in [4.69, 9.17) is 10.8 Å². The first-order chi connectivity index (χ1) is 10.5. The Balaban J connectivity index is 2.08. The summed E-state index contributed by atoms with van der Waals surface area (Å²) in [6.07, 6.45) is 3.16. The molecule has 2 aromatic carbocycles. The van der Waals surface area contributed by atoms with Gasteiger partial charge in [0.2, 0.25) is 0 Å². The third-order valence-electron chi connectivity index (χ3n) is 3.34. The number of rotatable bonds is 5. The minimum atomic E-state index is -1.01. The summed E-state index contributed by atoms with van der Waals surface area (Å²) in [5, 5.41) is 8.84. The lowest BCUT2D eigenvalue weighted by molar-refractivity contribution is -0.115. The van der Waals surface area contributed by atoms with Gasteiger partial charge in [0.25, 0.3) is 0 Å². The minimum Gasteiger partial charge on any atom is -0.478 e. The third-order valence-corrected chi connectivity index (χ3v) is 3.34. The van der Waals surface area contributed by atoms with Gasteiger partial charge in [-0.3, -0.25) is 4.79 Å². The van der Waals surface area contributed by atoms with Crippen LogP contribution >= 0.6 is 0 Å². The number of aromatic carboxylic acids is 1. The molecule has 3 N–H and O–H groups in total. The lowest BCUT2D eigenvalue weighted by atomic mass is 10.0. The number of carbonyl (C=O) groups is 2. The molecule has 0 aliphatic heterocycles. The summed E-state index contributed by atoms with van der Waals surface area (Å²) in [5.74, 6) is -1.24. The number of hydrogen-bond acceptors (Lipinski definition) is 3. The number of carboxylic acid groups (broad SMARTS) is 1. The zero-order valence-electron chi connectivity index (χ0n) is 12.2. The highest BCUT2D eigenvalue weighted by Gasteiger charge is 2.13. The monoisotopic (exact) mass is 295 g/mol. The molecule has 0 fully saturated rings. The molecule has 0 aliphatic carbocycles. The molecule has 0 heterocycles. The number of aryl methyl sites for hydroxylation is 1. The highest BCUT2D eigenvalue weighted by atomic mass is 16.4. The molecule has 112 valence electrons. The fraction of sp³-hybridized carbons (Fsp3) is 0.111. The van der Waals surface area contributed by atoms with Gasteiger partial charge in [-0.15, -0.1) is 0 Å². The van der Waals surface area contributed by atoms with Crippen LogP contribution in [0.3, 0.4) is 0 Å². The van der Waals surface area contributed by atoms with Crippen molar-refractivity contribution in [2.45, 2.75) is 13.0 Å². The summed E-state index contributed by atoms with van der Waals surface area (Å²) in [6.45, 7) is 2.00. The Morgan fingerprint density at radius 1 is 1.05 bits per heavy atom. The van der Waals surface area contributed by atoms with Crippen LogP contribution in [0.15, 0.2) is 54.6 Å². The maximum absolute atomic E-state index is 12.1. The maximum atomic E-state index is 12.1. The molecule has 0 amide bonds. The number of carboxylic acids is 1. The first kappa shape index (κ1) is 15.7. The first-order valence-corrected chi connectivity index (χ1v) is 6.85. The van der Waals surface area contributed by atoms with Crippen molar-refractivity contribution in [1.29, 1.82) is 0 Å². The highest BCUT2D eigenvalue weighted by Crippen LogP contribution is 2.14. The molecule has 0 spiro atoms. The van der Waals surface area contributed by atoms with E-state index in [0.29, 0.717) is 5.56 Å². The molecule has 0 saturated carbocycles. The van der Waals surface area contributed by atoms with Crippen molar-refractivity contribution in [2.75, 3.05) is 0 Å². The Labute approximate surface area is 128 Å². The summed E-state index contributed by atoms with van der Waals surface area (Å²) in [4.78, 5) is 22.9. The average molecular weight is 295 g/mol. The van der Waals surface area contributed by atoms with E-state index in [-0.39, 0.29) is 11.3 Å². The van der Waals surface area contributed by atoms with E-state index >= 15 is 0 Å². The predicted molar refractivity (Wildman–Crippen MR) is 85.5 cm³/mol. The van der Waals surface area contributed by atoms with Crippen LogP contribution < -0.4 is 5.73 Å². The molecule has 2 rings (SSSR count). The molecule has 0 bridgehead atoms. The lowest BCUT2D eigenvalue weighted by Gasteiger charge is -2.08. The van der Waals surface area contributed by atoms with Gasteiger partial charge in [-0.05, 0) is 36.3 Å². The number of benzene rings is 2. The van der Waals surface area contributed by atoms with Crippen LogP contribution in [0.5, 0.6) is 0 Å². The largest absolute Gasteiger partial charge is 0.478 e. The van der Waals surface area contributed by atoms with Gasteiger partial charge in [0, 0.05) is 0 Å². The van der Waals surface area contributed by atoms with Crippen LogP contribution in [-0.2, 0) is 4.79 Å². The minimum absolute atomic E-state index is 0.165. The SMILES string of the molecule is Cc1ccc(C=CC(=O)C(N)c2ccc(C(=O)O)cc2)cc1. The smallest absolute Gasteiger partial charge is 0.335 e. The molecule has 0 aliphatic rings. The molecule has 0 radical (unpaired) electrons. The fourth-order valence-electron chi connectivity index (χ4n) is 1.96. The lowest BCUT2D eigenvalue weighted by Crippen LogP contribution is -2.19. The third kappa shape index (κ3) is 3.90. The Kier molecular flexibility index (Phi) is 4.86. The molecule has 2 aromatic rings. The van der Waals surface area contributed by atoms with Crippen LogP contribution in [0.1, 0.15) is 33.1 Å². The van der Waals surface area contributed by atoms with E-state index in [0.717, 1.165) is 11.1 Å².